The molecule has 2 aromatic rings. The minimum Gasteiger partial charge on any atom is -0.480 e. The average molecular weight is 571 g/mol. The molecule has 0 amide bonds. The molecule has 5 aliphatic rings. The van der Waals surface area contributed by atoms with Crippen LogP contribution in [0.1, 0.15) is 56.1 Å². The van der Waals surface area contributed by atoms with Gasteiger partial charge in [0.2, 0.25) is 5.95 Å². The zero-order chi connectivity index (χ0) is 28.8. The molecule has 218 valence electrons. The molecule has 12 heteroatoms. The van der Waals surface area contributed by atoms with E-state index in [0.29, 0.717) is 47.3 Å². The number of aliphatic carboxylic acids is 1. The first-order valence-corrected chi connectivity index (χ1v) is 14.2. The summed E-state index contributed by atoms with van der Waals surface area (Å²) in [6.07, 6.45) is 3.72. The number of alkyl halides is 3. The summed E-state index contributed by atoms with van der Waals surface area (Å²) in [5.74, 6) is 1.15. The smallest absolute Gasteiger partial charge is 0.480 e. The molecule has 1 aliphatic heterocycles. The number of carboxylic acids is 1. The van der Waals surface area contributed by atoms with Crippen LogP contribution in [0.5, 0.6) is 5.75 Å². The number of carbonyl (C=O) groups is 1. The molecule has 4 aliphatic carbocycles. The number of aromatic nitrogens is 2. The van der Waals surface area contributed by atoms with E-state index in [4.69, 9.17) is 0 Å². The molecule has 1 saturated heterocycles. The molecule has 4 bridgehead atoms. The van der Waals surface area contributed by atoms with E-state index in [2.05, 4.69) is 36.3 Å². The Balaban J connectivity index is 1.14. The molecule has 0 radical (unpaired) electrons. The summed E-state index contributed by atoms with van der Waals surface area (Å²) in [4.78, 5) is 22.9. The highest BCUT2D eigenvalue weighted by Crippen LogP contribution is 2.61. The van der Waals surface area contributed by atoms with Gasteiger partial charge in [-0.2, -0.15) is 10.2 Å². The van der Waals surface area contributed by atoms with E-state index < -0.39 is 12.3 Å². The predicted octanol–water partition coefficient (Wildman–Crippen LogP) is 5.01. The second-order valence-electron chi connectivity index (χ2n) is 12.1. The number of benzene rings is 1. The standard InChI is InChI=1S/C29H33F3N6O3/c30-29(31,32)41-23-6-2-1-4-18(23)14-34-27-35-15-21(13-33)25(37-27)36-16-28-10-17-8-19(11-28)24(20(9-17)12-28)38-7-3-5-22(38)26(39)40/h1-2,4,6,15,17,19-20,22,24H,3,5,7-12,14,16H2,(H,39,40)(H2,34,35,36,37)/t17?,19-,20+,22?,24?,28-. The number of anilines is 2. The van der Waals surface area contributed by atoms with Crippen LogP contribution in [0.4, 0.5) is 24.9 Å². The van der Waals surface area contributed by atoms with Crippen molar-refractivity contribution < 1.29 is 27.8 Å². The molecule has 2 heterocycles. The second kappa shape index (κ2) is 10.7. The summed E-state index contributed by atoms with van der Waals surface area (Å²) < 4.78 is 42.5. The van der Waals surface area contributed by atoms with Gasteiger partial charge in [0.05, 0.1) is 6.20 Å². The van der Waals surface area contributed by atoms with Crippen molar-refractivity contribution in [2.75, 3.05) is 23.7 Å². The summed E-state index contributed by atoms with van der Waals surface area (Å²) in [6.45, 7) is 1.51. The van der Waals surface area contributed by atoms with Gasteiger partial charge in [-0.1, -0.05) is 18.2 Å². The van der Waals surface area contributed by atoms with Gasteiger partial charge >= 0.3 is 12.3 Å². The normalized spacial score (nSPS) is 30.6. The van der Waals surface area contributed by atoms with Crippen molar-refractivity contribution in [3.05, 3.63) is 41.6 Å². The lowest BCUT2D eigenvalue weighted by Gasteiger charge is -2.62. The minimum atomic E-state index is -4.80. The fraction of sp³-hybridized carbons (Fsp3) is 0.586. The first kappa shape index (κ1) is 27.6. The molecule has 9 nitrogen and oxygen atoms in total. The van der Waals surface area contributed by atoms with Gasteiger partial charge in [-0.25, -0.2) is 4.98 Å². The molecule has 5 fully saturated rings. The van der Waals surface area contributed by atoms with Gasteiger partial charge in [0.25, 0.3) is 0 Å². The molecule has 4 saturated carbocycles. The Bertz CT molecular complexity index is 1330. The third kappa shape index (κ3) is 5.64. The van der Waals surface area contributed by atoms with Crippen LogP contribution in [0.3, 0.4) is 0 Å². The summed E-state index contributed by atoms with van der Waals surface area (Å²) in [5.41, 5.74) is 0.642. The topological polar surface area (TPSA) is 123 Å². The minimum absolute atomic E-state index is 0.00178. The van der Waals surface area contributed by atoms with Gasteiger partial charge in [-0.15, -0.1) is 13.2 Å². The van der Waals surface area contributed by atoms with Crippen molar-refractivity contribution in [2.24, 2.45) is 23.2 Å². The molecule has 41 heavy (non-hydrogen) atoms. The maximum Gasteiger partial charge on any atom is 0.573 e. The maximum absolute atomic E-state index is 12.8. The van der Waals surface area contributed by atoms with E-state index in [1.54, 1.807) is 6.07 Å². The van der Waals surface area contributed by atoms with Crippen molar-refractivity contribution in [2.45, 2.75) is 69.9 Å². The lowest BCUT2D eigenvalue weighted by Crippen LogP contribution is -2.62. The Labute approximate surface area is 236 Å². The largest absolute Gasteiger partial charge is 0.573 e. The number of halogens is 3. The first-order valence-electron chi connectivity index (χ1n) is 14.2. The van der Waals surface area contributed by atoms with Crippen LogP contribution in [0, 0.1) is 34.5 Å². The van der Waals surface area contributed by atoms with E-state index in [9.17, 15) is 28.3 Å². The van der Waals surface area contributed by atoms with Crippen LogP contribution < -0.4 is 15.4 Å². The second-order valence-corrected chi connectivity index (χ2v) is 12.1. The third-order valence-corrected chi connectivity index (χ3v) is 9.49. The van der Waals surface area contributed by atoms with Crippen molar-refractivity contribution in [1.82, 2.24) is 14.9 Å². The van der Waals surface area contributed by atoms with E-state index in [1.165, 1.54) is 24.4 Å². The quantitative estimate of drug-likeness (QED) is 0.382. The average Bonchev–Trinajstić information content (AvgIpc) is 3.40. The number of nitriles is 1. The zero-order valence-electron chi connectivity index (χ0n) is 22.5. The lowest BCUT2D eigenvalue weighted by molar-refractivity contribution is -0.274. The first-order chi connectivity index (χ1) is 19.6. The number of rotatable bonds is 9. The Hall–Kier alpha value is -3.59. The summed E-state index contributed by atoms with van der Waals surface area (Å²) in [7, 11) is 0. The zero-order valence-corrected chi connectivity index (χ0v) is 22.5. The van der Waals surface area contributed by atoms with Crippen LogP contribution in [0.25, 0.3) is 0 Å². The van der Waals surface area contributed by atoms with Gasteiger partial charge in [0.15, 0.2) is 0 Å². The summed E-state index contributed by atoms with van der Waals surface area (Å²) in [5, 5.41) is 25.8. The van der Waals surface area contributed by atoms with Crippen LogP contribution in [0.2, 0.25) is 0 Å². The molecule has 0 spiro atoms. The highest BCUT2D eigenvalue weighted by molar-refractivity contribution is 5.73. The number of carboxylic acid groups (broad SMARTS) is 1. The Morgan fingerprint density at radius 2 is 1.95 bits per heavy atom. The molecule has 1 aromatic heterocycles. The van der Waals surface area contributed by atoms with Gasteiger partial charge < -0.3 is 20.5 Å². The molecule has 3 unspecified atom stereocenters. The Morgan fingerprint density at radius 1 is 1.20 bits per heavy atom. The summed E-state index contributed by atoms with van der Waals surface area (Å²) in [6, 6.07) is 7.95. The molecular weight excluding hydrogens is 537 g/mol. The highest BCUT2D eigenvalue weighted by Gasteiger charge is 2.57. The number of para-hydroxylation sites is 1. The molecule has 7 rings (SSSR count). The van der Waals surface area contributed by atoms with Gasteiger partial charge in [0.1, 0.15) is 29.2 Å². The van der Waals surface area contributed by atoms with Crippen molar-refractivity contribution in [3.8, 4) is 11.8 Å². The number of hydrogen-bond acceptors (Lipinski definition) is 8. The van der Waals surface area contributed by atoms with Crippen molar-refractivity contribution >= 4 is 17.7 Å². The summed E-state index contributed by atoms with van der Waals surface area (Å²) >= 11 is 0. The molecule has 6 atom stereocenters. The number of ether oxygens (including phenoxy) is 1. The van der Waals surface area contributed by atoms with E-state index in [1.807, 2.05) is 0 Å². The van der Waals surface area contributed by atoms with Crippen molar-refractivity contribution in [1.29, 1.82) is 5.26 Å². The maximum atomic E-state index is 12.8. The molecule has 3 N–H and O–H groups in total. The van der Waals surface area contributed by atoms with Crippen LogP contribution in [0.15, 0.2) is 30.5 Å². The van der Waals surface area contributed by atoms with E-state index >= 15 is 0 Å². The fourth-order valence-corrected chi connectivity index (χ4v) is 8.34. The van der Waals surface area contributed by atoms with E-state index in [0.717, 1.165) is 51.5 Å². The Kier molecular flexibility index (Phi) is 7.18. The fourth-order valence-electron chi connectivity index (χ4n) is 8.34. The van der Waals surface area contributed by atoms with Crippen LogP contribution in [-0.2, 0) is 11.3 Å². The number of nitrogens with zero attached hydrogens (tertiary/aromatic N) is 4. The monoisotopic (exact) mass is 570 g/mol. The van der Waals surface area contributed by atoms with Crippen LogP contribution >= 0.6 is 0 Å². The molecular formula is C29H33F3N6O3. The Morgan fingerprint density at radius 3 is 2.66 bits per heavy atom. The van der Waals surface area contributed by atoms with Gasteiger partial charge in [-0.3, -0.25) is 9.69 Å². The third-order valence-electron chi connectivity index (χ3n) is 9.49. The van der Waals surface area contributed by atoms with Crippen molar-refractivity contribution in [3.63, 3.8) is 0 Å². The number of hydrogen-bond donors (Lipinski definition) is 3. The lowest BCUT2D eigenvalue weighted by atomic mass is 9.47. The van der Waals surface area contributed by atoms with E-state index in [-0.39, 0.29) is 29.7 Å². The van der Waals surface area contributed by atoms with Crippen LogP contribution in [-0.4, -0.2) is 57.5 Å². The predicted molar refractivity (Wildman–Crippen MR) is 143 cm³/mol. The van der Waals surface area contributed by atoms with Gasteiger partial charge in [-0.05, 0) is 80.7 Å². The number of likely N-dealkylation sites (tertiary alicyclic amines) is 1. The SMILES string of the molecule is N#Cc1cnc(NCc2ccccc2OC(F)(F)F)nc1NC[C@]12CC3C[C@H](C1)C(N1CCCC1C(=O)O)[C@@H](C3)C2. The van der Waals surface area contributed by atoms with Gasteiger partial charge in [0, 0.05) is 24.7 Å². The number of nitrogens with one attached hydrogen (secondary N) is 2. The molecule has 1 aromatic carbocycles. The highest BCUT2D eigenvalue weighted by atomic mass is 19.4.